The van der Waals surface area contributed by atoms with Crippen LogP contribution in [0.4, 0.5) is 5.13 Å². The monoisotopic (exact) mass is 430 g/mol. The van der Waals surface area contributed by atoms with Crippen LogP contribution in [0.2, 0.25) is 0 Å². The average molecular weight is 431 g/mol. The van der Waals surface area contributed by atoms with Crippen LogP contribution in [0, 0.1) is 6.92 Å². The Hall–Kier alpha value is -2.18. The Labute approximate surface area is 165 Å². The van der Waals surface area contributed by atoms with Crippen molar-refractivity contribution in [3.05, 3.63) is 63.4 Å². The molecule has 3 aromatic rings. The summed E-state index contributed by atoms with van der Waals surface area (Å²) in [5, 5.41) is 3.55. The lowest BCUT2D eigenvalue weighted by Crippen LogP contribution is -2.12. The second kappa shape index (κ2) is 8.47. The van der Waals surface area contributed by atoms with Crippen LogP contribution in [0.15, 0.2) is 53.0 Å². The third-order valence-electron chi connectivity index (χ3n) is 3.96. The maximum absolute atomic E-state index is 12.2. The predicted octanol–water partition coefficient (Wildman–Crippen LogP) is 5.46. The molecule has 2 aromatic carbocycles. The molecule has 0 bridgehead atoms. The van der Waals surface area contributed by atoms with Gasteiger partial charge in [0.25, 0.3) is 0 Å². The normalized spacial score (nSPS) is 10.6. The number of nitrogens with one attached hydrogen (secondary N) is 1. The van der Waals surface area contributed by atoms with Gasteiger partial charge in [0.05, 0.1) is 12.8 Å². The van der Waals surface area contributed by atoms with Crippen molar-refractivity contribution in [1.29, 1.82) is 0 Å². The molecule has 0 fully saturated rings. The SMILES string of the molecule is COc1ccc(CCC(=O)Nc2nc(-c3ccc(Br)cc3)c(C)s2)cc1. The highest BCUT2D eigenvalue weighted by atomic mass is 79.9. The Morgan fingerprint density at radius 2 is 1.85 bits per heavy atom. The molecule has 1 amide bonds. The van der Waals surface area contributed by atoms with Crippen molar-refractivity contribution in [3.8, 4) is 17.0 Å². The maximum atomic E-state index is 12.2. The van der Waals surface area contributed by atoms with Crippen molar-refractivity contribution < 1.29 is 9.53 Å². The van der Waals surface area contributed by atoms with Crippen LogP contribution in [0.5, 0.6) is 5.75 Å². The van der Waals surface area contributed by atoms with Gasteiger partial charge in [-0.2, -0.15) is 0 Å². The minimum Gasteiger partial charge on any atom is -0.497 e. The van der Waals surface area contributed by atoms with E-state index < -0.39 is 0 Å². The molecule has 0 spiro atoms. The van der Waals surface area contributed by atoms with Gasteiger partial charge in [0.2, 0.25) is 5.91 Å². The second-order valence-electron chi connectivity index (χ2n) is 5.83. The zero-order chi connectivity index (χ0) is 18.5. The maximum Gasteiger partial charge on any atom is 0.226 e. The first-order valence-electron chi connectivity index (χ1n) is 8.21. The number of rotatable bonds is 6. The topological polar surface area (TPSA) is 51.2 Å². The fraction of sp³-hybridized carbons (Fsp3) is 0.200. The quantitative estimate of drug-likeness (QED) is 0.564. The molecule has 1 N–H and O–H groups in total. The van der Waals surface area contributed by atoms with E-state index in [1.54, 1.807) is 7.11 Å². The van der Waals surface area contributed by atoms with Crippen LogP contribution in [-0.2, 0) is 11.2 Å². The zero-order valence-electron chi connectivity index (χ0n) is 14.6. The third-order valence-corrected chi connectivity index (χ3v) is 5.38. The van der Waals surface area contributed by atoms with Gasteiger partial charge in [-0.05, 0) is 43.2 Å². The largest absolute Gasteiger partial charge is 0.497 e. The molecule has 4 nitrogen and oxygen atoms in total. The van der Waals surface area contributed by atoms with E-state index in [4.69, 9.17) is 4.74 Å². The Morgan fingerprint density at radius 1 is 1.15 bits per heavy atom. The minimum atomic E-state index is -0.0306. The lowest BCUT2D eigenvalue weighted by Gasteiger charge is -2.04. The summed E-state index contributed by atoms with van der Waals surface area (Å²) in [7, 11) is 1.64. The average Bonchev–Trinajstić information content (AvgIpc) is 3.01. The van der Waals surface area contributed by atoms with Gasteiger partial charge in [-0.3, -0.25) is 4.79 Å². The molecule has 0 unspecified atom stereocenters. The number of benzene rings is 2. The fourth-order valence-electron chi connectivity index (χ4n) is 2.56. The van der Waals surface area contributed by atoms with Crippen LogP contribution in [0.25, 0.3) is 11.3 Å². The molecular weight excluding hydrogens is 412 g/mol. The summed E-state index contributed by atoms with van der Waals surface area (Å²) >= 11 is 4.93. The van der Waals surface area contributed by atoms with Crippen LogP contribution in [-0.4, -0.2) is 18.0 Å². The van der Waals surface area contributed by atoms with Crippen molar-refractivity contribution in [1.82, 2.24) is 4.98 Å². The number of thiazole rings is 1. The van der Waals surface area contributed by atoms with Gasteiger partial charge in [0.15, 0.2) is 5.13 Å². The highest BCUT2D eigenvalue weighted by Gasteiger charge is 2.12. The molecule has 1 aromatic heterocycles. The molecule has 0 aliphatic heterocycles. The molecule has 3 rings (SSSR count). The summed E-state index contributed by atoms with van der Waals surface area (Å²) in [5.74, 6) is 0.786. The summed E-state index contributed by atoms with van der Waals surface area (Å²) in [5.41, 5.74) is 3.06. The van der Waals surface area contributed by atoms with Crippen LogP contribution < -0.4 is 10.1 Å². The van der Waals surface area contributed by atoms with Crippen molar-refractivity contribution in [3.63, 3.8) is 0 Å². The van der Waals surface area contributed by atoms with E-state index in [9.17, 15) is 4.79 Å². The molecule has 134 valence electrons. The number of anilines is 1. The first-order valence-corrected chi connectivity index (χ1v) is 9.82. The number of aromatic nitrogens is 1. The summed E-state index contributed by atoms with van der Waals surface area (Å²) in [6.07, 6.45) is 1.10. The van der Waals surface area contributed by atoms with E-state index in [1.165, 1.54) is 11.3 Å². The highest BCUT2D eigenvalue weighted by Crippen LogP contribution is 2.31. The molecular formula is C20H19BrN2O2S. The van der Waals surface area contributed by atoms with Crippen molar-refractivity contribution in [2.24, 2.45) is 0 Å². The number of hydrogen-bond donors (Lipinski definition) is 1. The van der Waals surface area contributed by atoms with Crippen LogP contribution in [0.1, 0.15) is 16.9 Å². The van der Waals surface area contributed by atoms with E-state index in [1.807, 2.05) is 55.5 Å². The molecule has 0 saturated carbocycles. The van der Waals surface area contributed by atoms with Gasteiger partial charge in [-0.1, -0.05) is 40.2 Å². The fourth-order valence-corrected chi connectivity index (χ4v) is 3.67. The van der Waals surface area contributed by atoms with E-state index >= 15 is 0 Å². The Balaban J connectivity index is 1.60. The standard InChI is InChI=1S/C20H19BrN2O2S/c1-13-19(15-6-8-16(21)9-7-15)23-20(26-13)22-18(24)12-5-14-3-10-17(25-2)11-4-14/h3-4,6-11H,5,12H2,1-2H3,(H,22,23,24). The van der Waals surface area contributed by atoms with Gasteiger partial charge in [-0.15, -0.1) is 11.3 Å². The van der Waals surface area contributed by atoms with E-state index in [0.29, 0.717) is 18.0 Å². The molecule has 1 heterocycles. The van der Waals surface area contributed by atoms with E-state index in [-0.39, 0.29) is 5.91 Å². The number of ether oxygens (including phenoxy) is 1. The molecule has 26 heavy (non-hydrogen) atoms. The van der Waals surface area contributed by atoms with E-state index in [0.717, 1.165) is 31.9 Å². The van der Waals surface area contributed by atoms with Crippen LogP contribution >= 0.6 is 27.3 Å². The molecule has 0 aliphatic carbocycles. The van der Waals surface area contributed by atoms with Gasteiger partial charge in [0.1, 0.15) is 5.75 Å². The van der Waals surface area contributed by atoms with Gasteiger partial charge in [0, 0.05) is 21.3 Å². The second-order valence-corrected chi connectivity index (χ2v) is 7.95. The molecule has 0 atom stereocenters. The van der Waals surface area contributed by atoms with Crippen LogP contribution in [0.3, 0.4) is 0 Å². The highest BCUT2D eigenvalue weighted by molar-refractivity contribution is 9.10. The first kappa shape index (κ1) is 18.6. The number of carbonyl (C=O) groups excluding carboxylic acids is 1. The number of aryl methyl sites for hydroxylation is 2. The van der Waals surface area contributed by atoms with Crippen molar-refractivity contribution >= 4 is 38.3 Å². The Bertz CT molecular complexity index is 889. The number of carbonyl (C=O) groups is 1. The first-order chi connectivity index (χ1) is 12.5. The molecule has 6 heteroatoms. The van der Waals surface area contributed by atoms with Crippen molar-refractivity contribution in [2.45, 2.75) is 19.8 Å². The predicted molar refractivity (Wildman–Crippen MR) is 110 cm³/mol. The lowest BCUT2D eigenvalue weighted by molar-refractivity contribution is -0.116. The van der Waals surface area contributed by atoms with Gasteiger partial charge < -0.3 is 10.1 Å². The Morgan fingerprint density at radius 3 is 2.50 bits per heavy atom. The third kappa shape index (κ3) is 4.71. The van der Waals surface area contributed by atoms with Crippen molar-refractivity contribution in [2.75, 3.05) is 12.4 Å². The number of methoxy groups -OCH3 is 1. The van der Waals surface area contributed by atoms with E-state index in [2.05, 4.69) is 26.2 Å². The van der Waals surface area contributed by atoms with Gasteiger partial charge in [-0.25, -0.2) is 4.98 Å². The molecule has 0 saturated heterocycles. The number of nitrogens with zero attached hydrogens (tertiary/aromatic N) is 1. The summed E-state index contributed by atoms with van der Waals surface area (Å²) in [6.45, 7) is 2.02. The molecule has 0 aliphatic rings. The Kier molecular flexibility index (Phi) is 6.06. The summed E-state index contributed by atoms with van der Waals surface area (Å²) in [4.78, 5) is 17.9. The zero-order valence-corrected chi connectivity index (χ0v) is 17.0. The van der Waals surface area contributed by atoms with Gasteiger partial charge >= 0.3 is 0 Å². The summed E-state index contributed by atoms with van der Waals surface area (Å²) in [6, 6.07) is 15.8. The smallest absolute Gasteiger partial charge is 0.226 e. The lowest BCUT2D eigenvalue weighted by atomic mass is 10.1. The summed E-state index contributed by atoms with van der Waals surface area (Å²) < 4.78 is 6.17. The number of hydrogen-bond acceptors (Lipinski definition) is 4. The minimum absolute atomic E-state index is 0.0306. The number of amides is 1. The number of halogens is 1. The molecule has 0 radical (unpaired) electrons.